The number of likely N-dealkylation sites (tertiary alicyclic amines) is 1. The van der Waals surface area contributed by atoms with Crippen molar-refractivity contribution < 1.29 is 19.4 Å². The Morgan fingerprint density at radius 1 is 1.09 bits per heavy atom. The third kappa shape index (κ3) is 3.22. The summed E-state index contributed by atoms with van der Waals surface area (Å²) in [6, 6.07) is 8.19. The van der Waals surface area contributed by atoms with E-state index in [1.54, 1.807) is 0 Å². The van der Waals surface area contributed by atoms with Crippen molar-refractivity contribution >= 4 is 12.0 Å². The SMILES string of the molecule is O=C(O)COC1CCN(C(=O)N2Cc3ccccc3C2)CC1. The van der Waals surface area contributed by atoms with Crippen molar-refractivity contribution in [3.8, 4) is 0 Å². The fourth-order valence-corrected chi connectivity index (χ4v) is 3.07. The first-order chi connectivity index (χ1) is 10.6. The molecule has 0 radical (unpaired) electrons. The molecule has 2 aliphatic heterocycles. The van der Waals surface area contributed by atoms with Gasteiger partial charge in [-0.2, -0.15) is 0 Å². The zero-order valence-corrected chi connectivity index (χ0v) is 12.4. The number of hydrogen-bond acceptors (Lipinski definition) is 3. The number of carbonyl (C=O) groups is 2. The van der Waals surface area contributed by atoms with E-state index >= 15 is 0 Å². The van der Waals surface area contributed by atoms with Gasteiger partial charge in [0.15, 0.2) is 0 Å². The smallest absolute Gasteiger partial charge is 0.329 e. The second kappa shape index (κ2) is 6.36. The number of carbonyl (C=O) groups excluding carboxylic acids is 1. The minimum Gasteiger partial charge on any atom is -0.480 e. The summed E-state index contributed by atoms with van der Waals surface area (Å²) >= 11 is 0. The first-order valence-electron chi connectivity index (χ1n) is 7.57. The van der Waals surface area contributed by atoms with Crippen molar-refractivity contribution in [3.05, 3.63) is 35.4 Å². The molecule has 0 aromatic heterocycles. The van der Waals surface area contributed by atoms with Gasteiger partial charge in [-0.15, -0.1) is 0 Å². The van der Waals surface area contributed by atoms with Crippen LogP contribution >= 0.6 is 0 Å². The quantitative estimate of drug-likeness (QED) is 0.922. The van der Waals surface area contributed by atoms with Gasteiger partial charge in [-0.1, -0.05) is 24.3 Å². The molecule has 2 aliphatic rings. The number of rotatable bonds is 3. The molecule has 1 fully saturated rings. The fourth-order valence-electron chi connectivity index (χ4n) is 3.07. The highest BCUT2D eigenvalue weighted by Crippen LogP contribution is 2.24. The third-order valence-corrected chi connectivity index (χ3v) is 4.27. The summed E-state index contributed by atoms with van der Waals surface area (Å²) in [4.78, 5) is 26.8. The fraction of sp³-hybridized carbons (Fsp3) is 0.500. The molecule has 0 aliphatic carbocycles. The normalized spacial score (nSPS) is 18.4. The summed E-state index contributed by atoms with van der Waals surface area (Å²) < 4.78 is 5.30. The lowest BCUT2D eigenvalue weighted by molar-refractivity contribution is -0.145. The van der Waals surface area contributed by atoms with Crippen LogP contribution in [0.4, 0.5) is 4.79 Å². The van der Waals surface area contributed by atoms with E-state index in [4.69, 9.17) is 9.84 Å². The first kappa shape index (κ1) is 14.8. The Morgan fingerprint density at radius 3 is 2.23 bits per heavy atom. The zero-order valence-electron chi connectivity index (χ0n) is 12.4. The monoisotopic (exact) mass is 304 g/mol. The van der Waals surface area contributed by atoms with Crippen molar-refractivity contribution in [2.75, 3.05) is 19.7 Å². The van der Waals surface area contributed by atoms with Gasteiger partial charge in [-0.25, -0.2) is 9.59 Å². The number of urea groups is 1. The number of carboxylic acids is 1. The largest absolute Gasteiger partial charge is 0.480 e. The van der Waals surface area contributed by atoms with Crippen molar-refractivity contribution in [2.45, 2.75) is 32.0 Å². The average molecular weight is 304 g/mol. The van der Waals surface area contributed by atoms with Gasteiger partial charge in [-0.3, -0.25) is 0 Å². The summed E-state index contributed by atoms with van der Waals surface area (Å²) in [5.74, 6) is -0.951. The summed E-state index contributed by atoms with van der Waals surface area (Å²) in [6.07, 6.45) is 1.33. The molecular formula is C16H20N2O4. The number of piperidine rings is 1. The Bertz CT molecular complexity index is 542. The number of amides is 2. The van der Waals surface area contributed by atoms with Crippen molar-refractivity contribution in [1.29, 1.82) is 0 Å². The van der Waals surface area contributed by atoms with Crippen LogP contribution in [0.3, 0.4) is 0 Å². The van der Waals surface area contributed by atoms with Crippen LogP contribution < -0.4 is 0 Å². The first-order valence-corrected chi connectivity index (χ1v) is 7.57. The summed E-state index contributed by atoms with van der Waals surface area (Å²) in [5, 5.41) is 8.62. The van der Waals surface area contributed by atoms with Crippen molar-refractivity contribution in [2.24, 2.45) is 0 Å². The highest BCUT2D eigenvalue weighted by Gasteiger charge is 2.30. The number of ether oxygens (including phenoxy) is 1. The second-order valence-corrected chi connectivity index (χ2v) is 5.80. The van der Waals surface area contributed by atoms with Crippen LogP contribution in [0.5, 0.6) is 0 Å². The molecule has 2 amide bonds. The Hall–Kier alpha value is -2.08. The molecule has 0 saturated carbocycles. The maximum Gasteiger partial charge on any atom is 0.329 e. The lowest BCUT2D eigenvalue weighted by Crippen LogP contribution is -2.46. The van der Waals surface area contributed by atoms with Crippen LogP contribution in [0.25, 0.3) is 0 Å². The molecule has 0 bridgehead atoms. The van der Waals surface area contributed by atoms with E-state index in [0.717, 1.165) is 0 Å². The molecule has 1 aromatic rings. The van der Waals surface area contributed by atoms with Gasteiger partial charge in [0.1, 0.15) is 6.61 Å². The molecule has 3 rings (SSSR count). The average Bonchev–Trinajstić information content (AvgIpc) is 2.96. The van der Waals surface area contributed by atoms with Crippen LogP contribution in [0, 0.1) is 0 Å². The maximum atomic E-state index is 12.6. The van der Waals surface area contributed by atoms with Gasteiger partial charge in [0, 0.05) is 26.2 Å². The maximum absolute atomic E-state index is 12.6. The van der Waals surface area contributed by atoms with Gasteiger partial charge < -0.3 is 19.6 Å². The van der Waals surface area contributed by atoms with Crippen molar-refractivity contribution in [1.82, 2.24) is 9.80 Å². The summed E-state index contributed by atoms with van der Waals surface area (Å²) in [5.41, 5.74) is 2.44. The van der Waals surface area contributed by atoms with E-state index in [9.17, 15) is 9.59 Å². The number of hydrogen-bond donors (Lipinski definition) is 1. The topological polar surface area (TPSA) is 70.1 Å². The third-order valence-electron chi connectivity index (χ3n) is 4.27. The summed E-state index contributed by atoms with van der Waals surface area (Å²) in [6.45, 7) is 2.32. The Morgan fingerprint density at radius 2 is 1.68 bits per heavy atom. The van der Waals surface area contributed by atoms with Gasteiger partial charge >= 0.3 is 12.0 Å². The Kier molecular flexibility index (Phi) is 4.29. The molecule has 118 valence electrons. The minimum absolute atomic E-state index is 0.0593. The molecule has 6 heteroatoms. The lowest BCUT2D eigenvalue weighted by Gasteiger charge is -2.34. The Balaban J connectivity index is 1.50. The second-order valence-electron chi connectivity index (χ2n) is 5.80. The van der Waals surface area contributed by atoms with E-state index < -0.39 is 5.97 Å². The number of nitrogens with zero attached hydrogens (tertiary/aromatic N) is 2. The standard InChI is InChI=1S/C16H20N2O4/c19-15(20)11-22-14-5-7-17(8-6-14)16(21)18-9-12-3-1-2-4-13(12)10-18/h1-4,14H,5-11H2,(H,19,20). The Labute approximate surface area is 129 Å². The molecule has 1 saturated heterocycles. The minimum atomic E-state index is -0.951. The van der Waals surface area contributed by atoms with E-state index in [1.165, 1.54) is 11.1 Å². The molecule has 1 aromatic carbocycles. The lowest BCUT2D eigenvalue weighted by atomic mass is 10.1. The zero-order chi connectivity index (χ0) is 15.5. The van der Waals surface area contributed by atoms with E-state index in [-0.39, 0.29) is 18.7 Å². The molecule has 0 unspecified atom stereocenters. The number of benzene rings is 1. The highest BCUT2D eigenvalue weighted by atomic mass is 16.5. The molecule has 0 spiro atoms. The van der Waals surface area contributed by atoms with E-state index in [0.29, 0.717) is 39.0 Å². The van der Waals surface area contributed by atoms with Crippen LogP contribution in [0.2, 0.25) is 0 Å². The van der Waals surface area contributed by atoms with Gasteiger partial charge in [-0.05, 0) is 24.0 Å². The predicted octanol–water partition coefficient (Wildman–Crippen LogP) is 1.69. The van der Waals surface area contributed by atoms with Crippen LogP contribution in [-0.4, -0.2) is 52.7 Å². The van der Waals surface area contributed by atoms with E-state index in [1.807, 2.05) is 21.9 Å². The van der Waals surface area contributed by atoms with Crippen LogP contribution in [0.15, 0.2) is 24.3 Å². The summed E-state index contributed by atoms with van der Waals surface area (Å²) in [7, 11) is 0. The molecule has 2 heterocycles. The predicted molar refractivity (Wildman–Crippen MR) is 79.3 cm³/mol. The molecule has 1 N–H and O–H groups in total. The van der Waals surface area contributed by atoms with Gasteiger partial charge in [0.05, 0.1) is 6.10 Å². The van der Waals surface area contributed by atoms with Crippen molar-refractivity contribution in [3.63, 3.8) is 0 Å². The molecule has 0 atom stereocenters. The molecular weight excluding hydrogens is 284 g/mol. The van der Waals surface area contributed by atoms with Crippen LogP contribution in [-0.2, 0) is 22.6 Å². The van der Waals surface area contributed by atoms with Gasteiger partial charge in [0.2, 0.25) is 0 Å². The molecule has 6 nitrogen and oxygen atoms in total. The highest BCUT2D eigenvalue weighted by molar-refractivity contribution is 5.75. The van der Waals surface area contributed by atoms with Crippen LogP contribution in [0.1, 0.15) is 24.0 Å². The number of fused-ring (bicyclic) bond motifs is 1. The molecule has 22 heavy (non-hydrogen) atoms. The number of carboxylic acid groups (broad SMARTS) is 1. The van der Waals surface area contributed by atoms with Gasteiger partial charge in [0.25, 0.3) is 0 Å². The van der Waals surface area contributed by atoms with E-state index in [2.05, 4.69) is 12.1 Å². The number of aliphatic carboxylic acids is 1.